The minimum Gasteiger partial charge on any atom is -0.351 e. The van der Waals surface area contributed by atoms with E-state index in [2.05, 4.69) is 20.1 Å². The van der Waals surface area contributed by atoms with Gasteiger partial charge in [0.25, 0.3) is 5.91 Å². The molecular weight excluding hydrogens is 400 g/mol. The van der Waals surface area contributed by atoms with Crippen molar-refractivity contribution in [3.8, 4) is 16.9 Å². The second-order valence-electron chi connectivity index (χ2n) is 8.04. The van der Waals surface area contributed by atoms with E-state index in [4.69, 9.17) is 5.10 Å². The van der Waals surface area contributed by atoms with Gasteiger partial charge in [-0.05, 0) is 25.0 Å². The highest BCUT2D eigenvalue weighted by molar-refractivity contribution is 5.99. The highest BCUT2D eigenvalue weighted by Crippen LogP contribution is 2.23. The molecule has 0 spiro atoms. The number of aryl methyl sites for hydroxylation is 1. The third kappa shape index (κ3) is 4.19. The summed E-state index contributed by atoms with van der Waals surface area (Å²) in [5.74, 6) is 1.88. The van der Waals surface area contributed by atoms with Gasteiger partial charge < -0.3 is 9.88 Å². The van der Waals surface area contributed by atoms with Crippen LogP contribution in [0, 0.1) is 0 Å². The van der Waals surface area contributed by atoms with Crippen molar-refractivity contribution < 1.29 is 4.79 Å². The second-order valence-corrected chi connectivity index (χ2v) is 8.04. The van der Waals surface area contributed by atoms with Crippen LogP contribution in [0.4, 0.5) is 0 Å². The van der Waals surface area contributed by atoms with Crippen LogP contribution in [0.3, 0.4) is 0 Å². The lowest BCUT2D eigenvalue weighted by atomic mass is 10.1. The number of fused-ring (bicyclic) bond motifs is 1. The molecule has 2 aromatic heterocycles. The molecule has 0 saturated heterocycles. The maximum Gasteiger partial charge on any atom is 0.255 e. The van der Waals surface area contributed by atoms with E-state index in [1.165, 1.54) is 12.8 Å². The van der Waals surface area contributed by atoms with Gasteiger partial charge in [-0.2, -0.15) is 5.10 Å². The first kappa shape index (κ1) is 20.2. The minimum absolute atomic E-state index is 0.137. The Morgan fingerprint density at radius 2 is 1.72 bits per heavy atom. The largest absolute Gasteiger partial charge is 0.351 e. The van der Waals surface area contributed by atoms with Crippen molar-refractivity contribution >= 4 is 5.91 Å². The molecule has 0 atom stereocenters. The molecule has 162 valence electrons. The van der Waals surface area contributed by atoms with Gasteiger partial charge in [0.15, 0.2) is 0 Å². The Labute approximate surface area is 187 Å². The summed E-state index contributed by atoms with van der Waals surface area (Å²) in [5, 5.41) is 16.5. The molecule has 1 aliphatic rings. The zero-order valence-corrected chi connectivity index (χ0v) is 17.9. The zero-order valence-electron chi connectivity index (χ0n) is 17.9. The number of aromatic nitrogens is 5. The molecule has 1 amide bonds. The summed E-state index contributed by atoms with van der Waals surface area (Å²) < 4.78 is 3.98. The molecule has 32 heavy (non-hydrogen) atoms. The first-order valence-electron chi connectivity index (χ1n) is 11.2. The average molecular weight is 427 g/mol. The van der Waals surface area contributed by atoms with E-state index >= 15 is 0 Å². The molecule has 5 rings (SSSR count). The Kier molecular flexibility index (Phi) is 5.79. The number of amides is 1. The van der Waals surface area contributed by atoms with Crippen molar-refractivity contribution in [1.82, 2.24) is 29.9 Å². The Balaban J connectivity index is 1.35. The van der Waals surface area contributed by atoms with Crippen molar-refractivity contribution in [2.45, 2.75) is 38.6 Å². The van der Waals surface area contributed by atoms with E-state index < -0.39 is 0 Å². The summed E-state index contributed by atoms with van der Waals surface area (Å²) in [6, 6.07) is 19.6. The highest BCUT2D eigenvalue weighted by atomic mass is 16.1. The Hall–Kier alpha value is -3.74. The van der Waals surface area contributed by atoms with Crippen LogP contribution < -0.4 is 5.32 Å². The number of nitrogens with one attached hydrogen (secondary N) is 1. The fourth-order valence-electron chi connectivity index (χ4n) is 4.18. The van der Waals surface area contributed by atoms with Gasteiger partial charge in [-0.25, -0.2) is 4.68 Å². The van der Waals surface area contributed by atoms with Crippen molar-refractivity contribution in [3.05, 3.63) is 84.1 Å². The van der Waals surface area contributed by atoms with Gasteiger partial charge in [0.05, 0.1) is 11.3 Å². The standard InChI is InChI=1S/C25H26N6O/c32-25(26-16-15-23-28-27-22-14-8-3-9-17-30(22)23)21-18-31(20-12-6-2-7-13-20)29-24(21)19-10-4-1-5-11-19/h1-2,4-7,10-13,18H,3,8-9,14-17H2,(H,26,32). The molecule has 4 aromatic rings. The summed E-state index contributed by atoms with van der Waals surface area (Å²) >= 11 is 0. The summed E-state index contributed by atoms with van der Waals surface area (Å²) in [7, 11) is 0. The minimum atomic E-state index is -0.137. The maximum atomic E-state index is 13.1. The smallest absolute Gasteiger partial charge is 0.255 e. The Morgan fingerprint density at radius 3 is 2.53 bits per heavy atom. The van der Waals surface area contributed by atoms with Gasteiger partial charge >= 0.3 is 0 Å². The second kappa shape index (κ2) is 9.18. The van der Waals surface area contributed by atoms with E-state index in [0.717, 1.165) is 42.3 Å². The number of hydrogen-bond acceptors (Lipinski definition) is 4. The van der Waals surface area contributed by atoms with Crippen LogP contribution in [0.25, 0.3) is 16.9 Å². The van der Waals surface area contributed by atoms with Gasteiger partial charge in [-0.15, -0.1) is 10.2 Å². The number of benzene rings is 2. The molecule has 7 heteroatoms. The van der Waals surface area contributed by atoms with Crippen LogP contribution in [0.15, 0.2) is 66.9 Å². The molecule has 1 aliphatic heterocycles. The lowest BCUT2D eigenvalue weighted by Gasteiger charge is -2.08. The van der Waals surface area contributed by atoms with Crippen molar-refractivity contribution in [2.75, 3.05) is 6.54 Å². The maximum absolute atomic E-state index is 13.1. The predicted octanol–water partition coefficient (Wildman–Crippen LogP) is 3.83. The van der Waals surface area contributed by atoms with Crippen LogP contribution in [-0.4, -0.2) is 37.0 Å². The third-order valence-corrected chi connectivity index (χ3v) is 5.85. The van der Waals surface area contributed by atoms with Crippen LogP contribution in [-0.2, 0) is 19.4 Å². The fraction of sp³-hybridized carbons (Fsp3) is 0.280. The van der Waals surface area contributed by atoms with Crippen molar-refractivity contribution in [3.63, 3.8) is 0 Å². The van der Waals surface area contributed by atoms with E-state index in [1.807, 2.05) is 60.7 Å². The lowest BCUT2D eigenvalue weighted by Crippen LogP contribution is -2.26. The number of rotatable bonds is 6. The van der Waals surface area contributed by atoms with Crippen molar-refractivity contribution in [2.24, 2.45) is 0 Å². The van der Waals surface area contributed by atoms with Crippen LogP contribution >= 0.6 is 0 Å². The van der Waals surface area contributed by atoms with Gasteiger partial charge in [0.1, 0.15) is 17.3 Å². The number of carbonyl (C=O) groups is 1. The average Bonchev–Trinajstić information content (AvgIpc) is 3.38. The van der Waals surface area contributed by atoms with E-state index in [9.17, 15) is 4.79 Å². The molecule has 2 aromatic carbocycles. The molecule has 0 bridgehead atoms. The monoisotopic (exact) mass is 426 g/mol. The van der Waals surface area contributed by atoms with Crippen LogP contribution in [0.5, 0.6) is 0 Å². The van der Waals surface area contributed by atoms with E-state index in [0.29, 0.717) is 24.2 Å². The molecule has 3 heterocycles. The van der Waals surface area contributed by atoms with E-state index in [-0.39, 0.29) is 5.91 Å². The SMILES string of the molecule is O=C(NCCc1nnc2n1CCCCC2)c1cn(-c2ccccc2)nc1-c1ccccc1. The van der Waals surface area contributed by atoms with Gasteiger partial charge in [-0.3, -0.25) is 4.79 Å². The molecule has 0 fully saturated rings. The summed E-state index contributed by atoms with van der Waals surface area (Å²) in [4.78, 5) is 13.1. The molecule has 0 aliphatic carbocycles. The summed E-state index contributed by atoms with van der Waals surface area (Å²) in [6.45, 7) is 1.47. The Morgan fingerprint density at radius 1 is 0.938 bits per heavy atom. The van der Waals surface area contributed by atoms with Crippen LogP contribution in [0.1, 0.15) is 41.3 Å². The van der Waals surface area contributed by atoms with E-state index in [1.54, 1.807) is 10.9 Å². The number of carbonyl (C=O) groups excluding carboxylic acids is 1. The molecule has 0 radical (unpaired) electrons. The molecule has 0 saturated carbocycles. The topological polar surface area (TPSA) is 77.6 Å². The normalized spacial score (nSPS) is 13.4. The number of para-hydroxylation sites is 1. The van der Waals surface area contributed by atoms with Gasteiger partial charge in [0, 0.05) is 37.7 Å². The highest BCUT2D eigenvalue weighted by Gasteiger charge is 2.19. The molecule has 0 unspecified atom stereocenters. The number of nitrogens with zero attached hydrogens (tertiary/aromatic N) is 5. The summed E-state index contributed by atoms with van der Waals surface area (Å²) in [5.41, 5.74) is 3.05. The lowest BCUT2D eigenvalue weighted by molar-refractivity contribution is 0.0954. The molecule has 1 N–H and O–H groups in total. The molecular formula is C25H26N6O. The quantitative estimate of drug-likeness (QED) is 0.508. The Bertz CT molecular complexity index is 1200. The van der Waals surface area contributed by atoms with Gasteiger partial charge in [0.2, 0.25) is 0 Å². The first-order valence-corrected chi connectivity index (χ1v) is 11.2. The van der Waals surface area contributed by atoms with Crippen molar-refractivity contribution in [1.29, 1.82) is 0 Å². The molecule has 7 nitrogen and oxygen atoms in total. The van der Waals surface area contributed by atoms with Crippen LogP contribution in [0.2, 0.25) is 0 Å². The predicted molar refractivity (Wildman–Crippen MR) is 123 cm³/mol. The fourth-order valence-corrected chi connectivity index (χ4v) is 4.18. The van der Waals surface area contributed by atoms with Gasteiger partial charge in [-0.1, -0.05) is 55.0 Å². The zero-order chi connectivity index (χ0) is 21.8. The number of hydrogen-bond donors (Lipinski definition) is 1. The summed E-state index contributed by atoms with van der Waals surface area (Å²) in [6.07, 6.45) is 7.00. The third-order valence-electron chi connectivity index (χ3n) is 5.85. The first-order chi connectivity index (χ1) is 15.8.